The van der Waals surface area contributed by atoms with Gasteiger partial charge in [-0.05, 0) is 77.1 Å². The Balaban J connectivity index is 1.36. The maximum Gasteiger partial charge on any atom is 0.175 e. The van der Waals surface area contributed by atoms with E-state index in [1.807, 2.05) is 54.6 Å². The number of benzene rings is 4. The summed E-state index contributed by atoms with van der Waals surface area (Å²) in [6.07, 6.45) is 1.72. The zero-order valence-electron chi connectivity index (χ0n) is 22.7. The summed E-state index contributed by atoms with van der Waals surface area (Å²) in [5.74, 6) is 2.63. The number of aromatic nitrogens is 1. The zero-order valence-corrected chi connectivity index (χ0v) is 23.5. The van der Waals surface area contributed by atoms with Gasteiger partial charge >= 0.3 is 0 Å². The molecular weight excluding hydrogens is 506 g/mol. The SMILES string of the molecule is COc1cc2nccc(Oc3ccc4c(NC(=S)Nc5ccc(C(C)(C)C)cc5)cccc4c3)c2cc1OC. The predicted molar refractivity (Wildman–Crippen MR) is 164 cm³/mol. The Morgan fingerprint density at radius 1 is 0.769 bits per heavy atom. The van der Waals surface area contributed by atoms with Gasteiger partial charge in [0.2, 0.25) is 0 Å². The molecule has 5 rings (SSSR count). The standard InChI is InChI=1S/C32H31N3O3S/c1-32(2,3)21-9-11-22(12-10-21)34-31(39)35-26-8-6-7-20-17-23(13-14-24(20)26)38-28-15-16-33-27-19-30(37-5)29(36-4)18-25(27)28/h6-19H,1-5H3,(H2,34,35,39). The van der Waals surface area contributed by atoms with E-state index in [1.54, 1.807) is 20.4 Å². The van der Waals surface area contributed by atoms with Crippen molar-refractivity contribution >= 4 is 50.4 Å². The molecule has 0 radical (unpaired) electrons. The number of nitrogens with one attached hydrogen (secondary N) is 2. The van der Waals surface area contributed by atoms with Crippen LogP contribution in [0.5, 0.6) is 23.0 Å². The quantitative estimate of drug-likeness (QED) is 0.211. The summed E-state index contributed by atoms with van der Waals surface area (Å²) in [6, 6.07) is 26.0. The first-order chi connectivity index (χ1) is 18.7. The van der Waals surface area contributed by atoms with Crippen molar-refractivity contribution in [3.63, 3.8) is 0 Å². The predicted octanol–water partition coefficient (Wildman–Crippen LogP) is 8.30. The maximum absolute atomic E-state index is 6.31. The van der Waals surface area contributed by atoms with Crippen LogP contribution in [0.25, 0.3) is 21.7 Å². The van der Waals surface area contributed by atoms with Gasteiger partial charge < -0.3 is 24.8 Å². The molecule has 198 valence electrons. The van der Waals surface area contributed by atoms with Crippen LogP contribution in [0.1, 0.15) is 26.3 Å². The minimum absolute atomic E-state index is 0.105. The van der Waals surface area contributed by atoms with Gasteiger partial charge in [0.05, 0.1) is 19.7 Å². The highest BCUT2D eigenvalue weighted by Gasteiger charge is 2.14. The number of methoxy groups -OCH3 is 2. The van der Waals surface area contributed by atoms with E-state index >= 15 is 0 Å². The van der Waals surface area contributed by atoms with E-state index in [-0.39, 0.29) is 5.41 Å². The van der Waals surface area contributed by atoms with Gasteiger partial charge in [-0.1, -0.05) is 45.0 Å². The lowest BCUT2D eigenvalue weighted by molar-refractivity contribution is 0.355. The van der Waals surface area contributed by atoms with Crippen LogP contribution >= 0.6 is 12.2 Å². The summed E-state index contributed by atoms with van der Waals surface area (Å²) >= 11 is 5.61. The number of hydrogen-bond donors (Lipinski definition) is 2. The fourth-order valence-electron chi connectivity index (χ4n) is 4.44. The van der Waals surface area contributed by atoms with Crippen molar-refractivity contribution < 1.29 is 14.2 Å². The average molecular weight is 538 g/mol. The summed E-state index contributed by atoms with van der Waals surface area (Å²) in [6.45, 7) is 6.60. The third-order valence-corrected chi connectivity index (χ3v) is 6.75. The monoisotopic (exact) mass is 537 g/mol. The van der Waals surface area contributed by atoms with Crippen molar-refractivity contribution in [1.82, 2.24) is 4.98 Å². The van der Waals surface area contributed by atoms with E-state index in [0.717, 1.165) is 33.1 Å². The Morgan fingerprint density at radius 3 is 2.23 bits per heavy atom. The first kappa shape index (κ1) is 26.3. The summed E-state index contributed by atoms with van der Waals surface area (Å²) in [5, 5.41) is 10.0. The van der Waals surface area contributed by atoms with Gasteiger partial charge in [0, 0.05) is 34.4 Å². The van der Waals surface area contributed by atoms with E-state index in [4.69, 9.17) is 26.4 Å². The van der Waals surface area contributed by atoms with Crippen molar-refractivity contribution in [1.29, 1.82) is 0 Å². The van der Waals surface area contributed by atoms with Gasteiger partial charge in [-0.15, -0.1) is 0 Å². The molecule has 0 unspecified atom stereocenters. The van der Waals surface area contributed by atoms with E-state index in [9.17, 15) is 0 Å². The number of hydrogen-bond acceptors (Lipinski definition) is 5. The van der Waals surface area contributed by atoms with Crippen LogP contribution in [0.15, 0.2) is 85.1 Å². The number of fused-ring (bicyclic) bond motifs is 2. The molecule has 0 saturated carbocycles. The molecule has 0 atom stereocenters. The summed E-state index contributed by atoms with van der Waals surface area (Å²) in [5.41, 5.74) is 3.99. The molecule has 0 aliphatic carbocycles. The van der Waals surface area contributed by atoms with Crippen molar-refractivity contribution in [2.75, 3.05) is 24.9 Å². The minimum atomic E-state index is 0.105. The van der Waals surface area contributed by atoms with Gasteiger partial charge in [0.25, 0.3) is 0 Å². The molecule has 5 aromatic rings. The number of pyridine rings is 1. The lowest BCUT2D eigenvalue weighted by atomic mass is 9.87. The number of anilines is 2. The summed E-state index contributed by atoms with van der Waals surface area (Å²) in [4.78, 5) is 4.46. The topological polar surface area (TPSA) is 64.6 Å². The van der Waals surface area contributed by atoms with Crippen LogP contribution in [-0.4, -0.2) is 24.3 Å². The van der Waals surface area contributed by atoms with Gasteiger partial charge in [0.1, 0.15) is 11.5 Å². The average Bonchev–Trinajstić information content (AvgIpc) is 2.92. The third kappa shape index (κ3) is 5.73. The van der Waals surface area contributed by atoms with E-state index < -0.39 is 0 Å². The molecule has 0 saturated heterocycles. The molecular formula is C32H31N3O3S. The molecule has 39 heavy (non-hydrogen) atoms. The molecule has 1 heterocycles. The first-order valence-corrected chi connectivity index (χ1v) is 13.1. The highest BCUT2D eigenvalue weighted by atomic mass is 32.1. The molecule has 0 spiro atoms. The van der Waals surface area contributed by atoms with E-state index in [1.165, 1.54) is 5.56 Å². The lowest BCUT2D eigenvalue weighted by Gasteiger charge is -2.19. The molecule has 1 aromatic heterocycles. The van der Waals surface area contributed by atoms with Crippen molar-refractivity contribution in [3.8, 4) is 23.0 Å². The van der Waals surface area contributed by atoms with Crippen LogP contribution < -0.4 is 24.8 Å². The number of thiocarbonyl (C=S) groups is 1. The zero-order chi connectivity index (χ0) is 27.6. The van der Waals surface area contributed by atoms with Crippen LogP contribution in [0.4, 0.5) is 11.4 Å². The Labute approximate surface area is 233 Å². The normalized spacial score (nSPS) is 11.3. The summed E-state index contributed by atoms with van der Waals surface area (Å²) in [7, 11) is 3.22. The molecule has 0 bridgehead atoms. The molecule has 0 aliphatic rings. The molecule has 0 amide bonds. The fourth-order valence-corrected chi connectivity index (χ4v) is 4.66. The number of rotatable bonds is 6. The Kier molecular flexibility index (Phi) is 7.26. The third-order valence-electron chi connectivity index (χ3n) is 6.54. The van der Waals surface area contributed by atoms with Crippen molar-refractivity contribution in [2.45, 2.75) is 26.2 Å². The number of ether oxygens (including phenoxy) is 3. The highest BCUT2D eigenvalue weighted by Crippen LogP contribution is 2.37. The van der Waals surface area contributed by atoms with Crippen LogP contribution in [0.2, 0.25) is 0 Å². The molecule has 0 fully saturated rings. The highest BCUT2D eigenvalue weighted by molar-refractivity contribution is 7.80. The van der Waals surface area contributed by atoms with Gasteiger partial charge in [-0.3, -0.25) is 4.98 Å². The lowest BCUT2D eigenvalue weighted by Crippen LogP contribution is -2.19. The second kappa shape index (κ2) is 10.8. The summed E-state index contributed by atoms with van der Waals surface area (Å²) < 4.78 is 17.2. The molecule has 6 nitrogen and oxygen atoms in total. The van der Waals surface area contributed by atoms with Crippen LogP contribution in [-0.2, 0) is 5.41 Å². The first-order valence-electron chi connectivity index (χ1n) is 12.6. The van der Waals surface area contributed by atoms with Crippen LogP contribution in [0, 0.1) is 0 Å². The number of nitrogens with zero attached hydrogens (tertiary/aromatic N) is 1. The van der Waals surface area contributed by atoms with Crippen LogP contribution in [0.3, 0.4) is 0 Å². The smallest absolute Gasteiger partial charge is 0.175 e. The van der Waals surface area contributed by atoms with Crippen molar-refractivity contribution in [2.24, 2.45) is 0 Å². The fraction of sp³-hybridized carbons (Fsp3) is 0.188. The minimum Gasteiger partial charge on any atom is -0.493 e. The van der Waals surface area contributed by atoms with Gasteiger partial charge in [-0.25, -0.2) is 0 Å². The Morgan fingerprint density at radius 2 is 1.51 bits per heavy atom. The van der Waals surface area contributed by atoms with E-state index in [2.05, 4.69) is 60.7 Å². The second-order valence-corrected chi connectivity index (χ2v) is 10.6. The maximum atomic E-state index is 6.31. The second-order valence-electron chi connectivity index (χ2n) is 10.2. The van der Waals surface area contributed by atoms with Gasteiger partial charge in [-0.2, -0.15) is 0 Å². The Hall–Kier alpha value is -4.36. The van der Waals surface area contributed by atoms with Crippen molar-refractivity contribution in [3.05, 3.63) is 90.6 Å². The molecule has 4 aromatic carbocycles. The molecule has 0 aliphatic heterocycles. The van der Waals surface area contributed by atoms with Gasteiger partial charge in [0.15, 0.2) is 16.6 Å². The molecule has 7 heteroatoms. The molecule has 2 N–H and O–H groups in total. The Bertz CT molecular complexity index is 1660. The van der Waals surface area contributed by atoms with E-state index in [0.29, 0.717) is 28.1 Å². The largest absolute Gasteiger partial charge is 0.493 e.